The molecule has 1 aliphatic carbocycles. The van der Waals surface area contributed by atoms with Gasteiger partial charge in [0.1, 0.15) is 0 Å². The zero-order chi connectivity index (χ0) is 17.7. The molecule has 0 radical (unpaired) electrons. The average Bonchev–Trinajstić information content (AvgIpc) is 2.56. The van der Waals surface area contributed by atoms with E-state index in [9.17, 15) is 9.90 Å². The second-order valence-electron chi connectivity index (χ2n) is 8.25. The lowest BCUT2D eigenvalue weighted by Gasteiger charge is -2.44. The van der Waals surface area contributed by atoms with Gasteiger partial charge in [0.2, 0.25) is 0 Å². The first kappa shape index (κ1) is 21.5. The predicted molar refractivity (Wildman–Crippen MR) is 103 cm³/mol. The summed E-state index contributed by atoms with van der Waals surface area (Å²) in [5.74, 6) is -0.159. The monoisotopic (exact) mass is 338 g/mol. The van der Waals surface area contributed by atoms with Crippen LogP contribution in [0.15, 0.2) is 0 Å². The van der Waals surface area contributed by atoms with E-state index < -0.39 is 5.97 Å². The Hall–Kier alpha value is -0.530. The largest absolute Gasteiger partial charge is 0.481 e. The van der Waals surface area contributed by atoms with Crippen LogP contribution >= 0.6 is 0 Å². The van der Waals surface area contributed by atoms with Crippen molar-refractivity contribution in [1.29, 1.82) is 0 Å². The summed E-state index contributed by atoms with van der Waals surface area (Å²) in [4.78, 5) is 11.5. The van der Waals surface area contributed by atoms with Crippen molar-refractivity contribution in [1.82, 2.24) is 0 Å². The molecule has 1 saturated carbocycles. The first-order chi connectivity index (χ1) is 11.6. The smallest absolute Gasteiger partial charge is 0.309 e. The van der Waals surface area contributed by atoms with E-state index in [0.717, 1.165) is 25.7 Å². The minimum atomic E-state index is -0.545. The van der Waals surface area contributed by atoms with E-state index in [2.05, 4.69) is 13.8 Å². The highest BCUT2D eigenvalue weighted by Crippen LogP contribution is 2.50. The summed E-state index contributed by atoms with van der Waals surface area (Å²) in [5, 5.41) is 9.46. The van der Waals surface area contributed by atoms with Crippen molar-refractivity contribution >= 4 is 5.97 Å². The lowest BCUT2D eigenvalue weighted by molar-refractivity contribution is -0.161. The maximum Gasteiger partial charge on any atom is 0.309 e. The molecule has 24 heavy (non-hydrogen) atoms. The summed E-state index contributed by atoms with van der Waals surface area (Å²) in [5.41, 5.74) is -0.364. The van der Waals surface area contributed by atoms with Crippen molar-refractivity contribution in [3.63, 3.8) is 0 Å². The van der Waals surface area contributed by atoms with Gasteiger partial charge in [0, 0.05) is 0 Å². The van der Waals surface area contributed by atoms with Crippen LogP contribution in [0.3, 0.4) is 0 Å². The molecule has 0 aliphatic heterocycles. The molecule has 0 amide bonds. The minimum absolute atomic E-state index is 0.364. The van der Waals surface area contributed by atoms with Gasteiger partial charge in [-0.05, 0) is 25.2 Å². The molecular weight excluding hydrogens is 296 g/mol. The normalized spacial score (nSPS) is 23.2. The van der Waals surface area contributed by atoms with Crippen LogP contribution in [-0.4, -0.2) is 11.1 Å². The molecule has 2 unspecified atom stereocenters. The van der Waals surface area contributed by atoms with Crippen LogP contribution < -0.4 is 0 Å². The molecular formula is C22H42O2. The third-order valence-electron chi connectivity index (χ3n) is 6.37. The third-order valence-corrected chi connectivity index (χ3v) is 6.37. The lowest BCUT2D eigenvalue weighted by atomic mass is 9.58. The molecule has 1 N–H and O–H groups in total. The number of hydrogen-bond acceptors (Lipinski definition) is 1. The van der Waals surface area contributed by atoms with Crippen molar-refractivity contribution < 1.29 is 9.90 Å². The van der Waals surface area contributed by atoms with E-state index in [-0.39, 0.29) is 5.41 Å². The molecule has 0 aromatic carbocycles. The summed E-state index contributed by atoms with van der Waals surface area (Å²) < 4.78 is 0. The topological polar surface area (TPSA) is 37.3 Å². The molecule has 2 nitrogen and oxygen atoms in total. The van der Waals surface area contributed by atoms with Crippen molar-refractivity contribution in [2.24, 2.45) is 11.3 Å². The van der Waals surface area contributed by atoms with E-state index in [4.69, 9.17) is 0 Å². The lowest BCUT2D eigenvalue weighted by Crippen LogP contribution is -2.45. The van der Waals surface area contributed by atoms with Crippen LogP contribution in [0.25, 0.3) is 0 Å². The Labute approximate surface area is 150 Å². The molecule has 0 aromatic heterocycles. The number of hydrogen-bond donors (Lipinski definition) is 1. The third kappa shape index (κ3) is 7.57. The van der Waals surface area contributed by atoms with Gasteiger partial charge in [0.15, 0.2) is 0 Å². The molecule has 2 atom stereocenters. The van der Waals surface area contributed by atoms with Gasteiger partial charge < -0.3 is 5.11 Å². The molecule has 1 rings (SSSR count). The molecule has 1 aliphatic rings. The summed E-state index contributed by atoms with van der Waals surface area (Å²) in [7, 11) is 0. The number of carbonyl (C=O) groups is 1. The SMILES string of the molecule is CCCCCCCCCCCCCCCCC1(C(=O)O)CCC1C. The zero-order valence-corrected chi connectivity index (χ0v) is 16.5. The molecule has 2 heteroatoms. The second kappa shape index (κ2) is 12.8. The van der Waals surface area contributed by atoms with Crippen molar-refractivity contribution in [3.05, 3.63) is 0 Å². The summed E-state index contributed by atoms with van der Waals surface area (Å²) in [6.45, 7) is 4.39. The van der Waals surface area contributed by atoms with Gasteiger partial charge in [-0.3, -0.25) is 4.79 Å². The predicted octanol–water partition coefficient (Wildman–Crippen LogP) is 7.36. The number of carboxylic acids is 1. The van der Waals surface area contributed by atoms with E-state index in [0.29, 0.717) is 5.92 Å². The summed E-state index contributed by atoms with van der Waals surface area (Å²) >= 11 is 0. The summed E-state index contributed by atoms with van der Waals surface area (Å²) in [6, 6.07) is 0. The van der Waals surface area contributed by atoms with E-state index >= 15 is 0 Å². The van der Waals surface area contributed by atoms with Crippen LogP contribution in [-0.2, 0) is 4.79 Å². The standard InChI is InChI=1S/C22H42O2/c1-3-4-5-6-7-8-9-10-11-12-13-14-15-16-18-22(21(23)24)19-17-20(22)2/h20H,3-19H2,1-2H3,(H,23,24). The van der Waals surface area contributed by atoms with Crippen LogP contribution in [0.2, 0.25) is 0 Å². The Bertz CT molecular complexity index is 326. The number of aliphatic carboxylic acids is 1. The van der Waals surface area contributed by atoms with Crippen LogP contribution in [0, 0.1) is 11.3 Å². The highest BCUT2D eigenvalue weighted by Gasteiger charge is 2.49. The van der Waals surface area contributed by atoms with Crippen molar-refractivity contribution in [2.75, 3.05) is 0 Å². The molecule has 142 valence electrons. The fraction of sp³-hybridized carbons (Fsp3) is 0.955. The quantitative estimate of drug-likeness (QED) is 0.298. The molecule has 1 fully saturated rings. The highest BCUT2D eigenvalue weighted by atomic mass is 16.4. The molecule has 0 bridgehead atoms. The van der Waals surface area contributed by atoms with E-state index in [1.807, 2.05) is 0 Å². The van der Waals surface area contributed by atoms with Crippen LogP contribution in [0.4, 0.5) is 0 Å². The van der Waals surface area contributed by atoms with E-state index in [1.165, 1.54) is 83.5 Å². The Morgan fingerprint density at radius 3 is 1.54 bits per heavy atom. The van der Waals surface area contributed by atoms with Crippen LogP contribution in [0.1, 0.15) is 123 Å². The van der Waals surface area contributed by atoms with Gasteiger partial charge >= 0.3 is 5.97 Å². The molecule has 0 heterocycles. The zero-order valence-electron chi connectivity index (χ0n) is 16.5. The number of unbranched alkanes of at least 4 members (excludes halogenated alkanes) is 13. The Morgan fingerprint density at radius 1 is 0.833 bits per heavy atom. The fourth-order valence-corrected chi connectivity index (χ4v) is 4.21. The Morgan fingerprint density at radius 2 is 1.25 bits per heavy atom. The summed E-state index contributed by atoms with van der Waals surface area (Å²) in [6.07, 6.45) is 21.9. The number of rotatable bonds is 16. The Balaban J connectivity index is 1.83. The maximum absolute atomic E-state index is 11.5. The first-order valence-corrected chi connectivity index (χ1v) is 10.9. The average molecular weight is 339 g/mol. The van der Waals surface area contributed by atoms with Gasteiger partial charge in [0.25, 0.3) is 0 Å². The number of carboxylic acid groups (broad SMARTS) is 1. The van der Waals surface area contributed by atoms with Crippen molar-refractivity contribution in [3.8, 4) is 0 Å². The van der Waals surface area contributed by atoms with Gasteiger partial charge in [-0.1, -0.05) is 104 Å². The highest BCUT2D eigenvalue weighted by molar-refractivity contribution is 5.76. The first-order valence-electron chi connectivity index (χ1n) is 10.9. The van der Waals surface area contributed by atoms with Crippen LogP contribution in [0.5, 0.6) is 0 Å². The molecule has 0 aromatic rings. The van der Waals surface area contributed by atoms with Gasteiger partial charge in [-0.25, -0.2) is 0 Å². The van der Waals surface area contributed by atoms with Gasteiger partial charge in [-0.2, -0.15) is 0 Å². The fourth-order valence-electron chi connectivity index (χ4n) is 4.21. The van der Waals surface area contributed by atoms with Gasteiger partial charge in [-0.15, -0.1) is 0 Å². The maximum atomic E-state index is 11.5. The van der Waals surface area contributed by atoms with Gasteiger partial charge in [0.05, 0.1) is 5.41 Å². The Kier molecular flexibility index (Phi) is 11.5. The minimum Gasteiger partial charge on any atom is -0.481 e. The second-order valence-corrected chi connectivity index (χ2v) is 8.25. The van der Waals surface area contributed by atoms with Crippen molar-refractivity contribution in [2.45, 2.75) is 123 Å². The molecule has 0 saturated heterocycles. The molecule has 0 spiro atoms. The van der Waals surface area contributed by atoms with E-state index in [1.54, 1.807) is 0 Å².